The third-order valence-corrected chi connectivity index (χ3v) is 22.0. The Bertz CT molecular complexity index is 5730. The van der Waals surface area contributed by atoms with E-state index < -0.39 is 0 Å². The number of benzene rings is 15. The molecule has 103 heavy (non-hydrogen) atoms. The molecular formula is C96H72B2N4O. The summed E-state index contributed by atoms with van der Waals surface area (Å²) in [6.07, 6.45) is 0. The molecule has 0 aliphatic carbocycles. The minimum atomic E-state index is -0.282. The maximum Gasteiger partial charge on any atom is 0.256 e. The lowest BCUT2D eigenvalue weighted by Gasteiger charge is -2.46. The molecule has 0 amide bonds. The number of para-hydroxylation sites is 5. The van der Waals surface area contributed by atoms with E-state index in [1.165, 1.54) is 83.0 Å². The molecule has 0 N–H and O–H groups in total. The van der Waals surface area contributed by atoms with Crippen LogP contribution in [0.1, 0.15) is 33.4 Å². The minimum absolute atomic E-state index is 0.237. The number of ether oxygens (including phenoxy) is 1. The van der Waals surface area contributed by atoms with Gasteiger partial charge in [-0.3, -0.25) is 0 Å². The zero-order chi connectivity index (χ0) is 69.1. The Morgan fingerprint density at radius 2 is 0.689 bits per heavy atom. The summed E-state index contributed by atoms with van der Waals surface area (Å²) in [5.74, 6) is 1.63. The SMILES string of the molecule is Cc1cccc(C)c1-c1ccc(N2c3ccc(-c4c(C)cccc4C)cc3B3c4cc5c(cc4N(c4c(-c6ccccc6)cccc4-c4ccccc4)c4cc(-c6c(C)cccc6C)cc2c43)Oc2cc(N(c3ccccc3)c3ccccc3)cc3c2B5c2ccccc2N3c2ccccc2)cc1. The number of aryl methyl sites for hydroxylation is 6. The van der Waals surface area contributed by atoms with Crippen molar-refractivity contribution in [2.24, 2.45) is 0 Å². The minimum Gasteiger partial charge on any atom is -0.458 e. The Labute approximate surface area is 604 Å². The molecule has 0 fully saturated rings. The molecule has 19 rings (SSSR count). The Morgan fingerprint density at radius 1 is 0.252 bits per heavy atom. The number of nitrogens with zero attached hydrogens (tertiary/aromatic N) is 4. The Balaban J connectivity index is 0.951. The predicted octanol–water partition coefficient (Wildman–Crippen LogP) is 21.8. The highest BCUT2D eigenvalue weighted by atomic mass is 16.5. The molecule has 0 spiro atoms. The van der Waals surface area contributed by atoms with Crippen molar-refractivity contribution in [2.45, 2.75) is 41.5 Å². The molecular weight excluding hydrogens is 1250 g/mol. The Kier molecular flexibility index (Phi) is 14.7. The molecule has 15 aromatic rings. The largest absolute Gasteiger partial charge is 0.458 e. The summed E-state index contributed by atoms with van der Waals surface area (Å²) in [7, 11) is 0. The fraction of sp³-hybridized carbons (Fsp3) is 0.0625. The average molecular weight is 1320 g/mol. The molecule has 0 saturated carbocycles. The molecule has 4 heterocycles. The van der Waals surface area contributed by atoms with E-state index in [1.54, 1.807) is 0 Å². The zero-order valence-corrected chi connectivity index (χ0v) is 58.5. The van der Waals surface area contributed by atoms with Crippen molar-refractivity contribution in [3.05, 3.63) is 361 Å². The fourth-order valence-corrected chi connectivity index (χ4v) is 17.7. The van der Waals surface area contributed by atoms with Gasteiger partial charge in [0.2, 0.25) is 0 Å². The maximum absolute atomic E-state index is 8.00. The summed E-state index contributed by atoms with van der Waals surface area (Å²) >= 11 is 0. The van der Waals surface area contributed by atoms with E-state index in [2.05, 4.69) is 389 Å². The number of hydrogen-bond donors (Lipinski definition) is 0. The quantitative estimate of drug-likeness (QED) is 0.120. The van der Waals surface area contributed by atoms with E-state index in [0.717, 1.165) is 118 Å². The Morgan fingerprint density at radius 3 is 1.26 bits per heavy atom. The van der Waals surface area contributed by atoms with Gasteiger partial charge in [-0.25, -0.2) is 0 Å². The van der Waals surface area contributed by atoms with Gasteiger partial charge in [0.15, 0.2) is 0 Å². The van der Waals surface area contributed by atoms with Crippen LogP contribution in [-0.2, 0) is 0 Å². The number of fused-ring (bicyclic) bond motifs is 8. The number of rotatable bonds is 11. The van der Waals surface area contributed by atoms with Crippen LogP contribution < -0.4 is 57.1 Å². The highest BCUT2D eigenvalue weighted by Crippen LogP contribution is 2.54. The smallest absolute Gasteiger partial charge is 0.256 e. The standard InChI is InChI=1S/C96H72B2N4O/c1-61-28-24-29-62(2)91(61)69-48-51-75(52-49-69)101-84-53-50-70(92-63(3)30-25-31-64(92)4)54-80(84)98-81-59-82-89(103-90-58-76(99(72-38-16-9-17-39-72)73-40-18-10-19-41-73)57-88-95(90)97(82)79-46-22-23-47-83(79)100(88)74-42-20-11-21-43-74)60-85(81)102(87-56-71(55-86(101)94(87)98)93-65(5)32-26-33-66(93)6)96-77(67-34-12-7-13-35-67)44-27-45-78(96)68-36-14-8-15-37-68/h7-60H,1-6H3. The van der Waals surface area contributed by atoms with Crippen molar-refractivity contribution in [1.29, 1.82) is 0 Å². The summed E-state index contributed by atoms with van der Waals surface area (Å²) < 4.78 is 8.00. The van der Waals surface area contributed by atoms with Crippen molar-refractivity contribution in [3.63, 3.8) is 0 Å². The van der Waals surface area contributed by atoms with Gasteiger partial charge in [-0.15, -0.1) is 0 Å². The van der Waals surface area contributed by atoms with Gasteiger partial charge in [0.1, 0.15) is 11.5 Å². The molecule has 4 aliphatic rings. The summed E-state index contributed by atoms with van der Waals surface area (Å²) in [6.45, 7) is 13.0. The second kappa shape index (κ2) is 24.7. The van der Waals surface area contributed by atoms with Crippen molar-refractivity contribution >= 4 is 114 Å². The first-order valence-electron chi connectivity index (χ1n) is 36.0. The van der Waals surface area contributed by atoms with Crippen molar-refractivity contribution < 1.29 is 4.74 Å². The van der Waals surface area contributed by atoms with Crippen LogP contribution in [-0.4, -0.2) is 13.4 Å². The van der Waals surface area contributed by atoms with Crippen molar-refractivity contribution in [2.75, 3.05) is 19.6 Å². The summed E-state index contributed by atoms with van der Waals surface area (Å²) in [5, 5.41) is 0. The van der Waals surface area contributed by atoms with Gasteiger partial charge in [0.25, 0.3) is 13.4 Å². The number of hydrogen-bond acceptors (Lipinski definition) is 5. The molecule has 0 atom stereocenters. The van der Waals surface area contributed by atoms with Crippen LogP contribution in [0.5, 0.6) is 11.5 Å². The zero-order valence-electron chi connectivity index (χ0n) is 58.5. The molecule has 0 unspecified atom stereocenters. The second-order valence-corrected chi connectivity index (χ2v) is 28.2. The summed E-state index contributed by atoms with van der Waals surface area (Å²) in [4.78, 5) is 10.1. The van der Waals surface area contributed by atoms with Crippen molar-refractivity contribution in [3.8, 4) is 67.1 Å². The lowest BCUT2D eigenvalue weighted by Crippen LogP contribution is -2.64. The normalized spacial score (nSPS) is 12.7. The van der Waals surface area contributed by atoms with E-state index in [1.807, 2.05) is 0 Å². The van der Waals surface area contributed by atoms with Crippen LogP contribution in [0.2, 0.25) is 0 Å². The highest BCUT2D eigenvalue weighted by Gasteiger charge is 2.49. The first-order valence-corrected chi connectivity index (χ1v) is 36.0. The summed E-state index contributed by atoms with van der Waals surface area (Å²) in [6, 6.07) is 122. The molecule has 5 nitrogen and oxygen atoms in total. The van der Waals surface area contributed by atoms with Crippen LogP contribution >= 0.6 is 0 Å². The van der Waals surface area contributed by atoms with Crippen LogP contribution in [0.4, 0.5) is 68.2 Å². The van der Waals surface area contributed by atoms with Gasteiger partial charge in [0.05, 0.1) is 11.4 Å². The van der Waals surface area contributed by atoms with Gasteiger partial charge in [-0.1, -0.05) is 237 Å². The van der Waals surface area contributed by atoms with Crippen LogP contribution in [0.25, 0.3) is 55.6 Å². The predicted molar refractivity (Wildman–Crippen MR) is 437 cm³/mol. The summed E-state index contributed by atoms with van der Waals surface area (Å²) in [5.41, 5.74) is 39.3. The highest BCUT2D eigenvalue weighted by molar-refractivity contribution is 7.02. The monoisotopic (exact) mass is 1320 g/mol. The Hall–Kier alpha value is -12.6. The molecule has 4 aliphatic heterocycles. The van der Waals surface area contributed by atoms with E-state index in [9.17, 15) is 0 Å². The van der Waals surface area contributed by atoms with Gasteiger partial charge in [0, 0.05) is 80.1 Å². The molecule has 15 aromatic carbocycles. The second-order valence-electron chi connectivity index (χ2n) is 28.2. The fourth-order valence-electron chi connectivity index (χ4n) is 17.7. The molecule has 0 bridgehead atoms. The van der Waals surface area contributed by atoms with E-state index in [0.29, 0.717) is 0 Å². The lowest BCUT2D eigenvalue weighted by molar-refractivity contribution is 0.488. The lowest BCUT2D eigenvalue weighted by atomic mass is 9.30. The van der Waals surface area contributed by atoms with Crippen LogP contribution in [0.15, 0.2) is 328 Å². The van der Waals surface area contributed by atoms with Crippen molar-refractivity contribution in [1.82, 2.24) is 0 Å². The molecule has 0 saturated heterocycles. The maximum atomic E-state index is 8.00. The molecule has 0 aromatic heterocycles. The first kappa shape index (κ1) is 61.5. The average Bonchev–Trinajstić information content (AvgIpc) is 0.686. The van der Waals surface area contributed by atoms with E-state index >= 15 is 0 Å². The van der Waals surface area contributed by atoms with Gasteiger partial charge in [-0.05, 0) is 231 Å². The molecule has 7 heteroatoms. The first-order chi connectivity index (χ1) is 50.6. The van der Waals surface area contributed by atoms with Gasteiger partial charge >= 0.3 is 0 Å². The van der Waals surface area contributed by atoms with Gasteiger partial charge < -0.3 is 24.3 Å². The third kappa shape index (κ3) is 10.0. The van der Waals surface area contributed by atoms with E-state index in [-0.39, 0.29) is 13.4 Å². The molecule has 0 radical (unpaired) electrons. The third-order valence-electron chi connectivity index (χ3n) is 22.0. The van der Waals surface area contributed by atoms with Crippen LogP contribution in [0.3, 0.4) is 0 Å². The topological polar surface area (TPSA) is 22.2 Å². The van der Waals surface area contributed by atoms with Crippen LogP contribution in [0, 0.1) is 41.5 Å². The number of anilines is 12. The van der Waals surface area contributed by atoms with E-state index in [4.69, 9.17) is 4.74 Å². The molecule has 488 valence electrons. The van der Waals surface area contributed by atoms with Gasteiger partial charge in [-0.2, -0.15) is 0 Å².